The molecule has 0 spiro atoms. The third kappa shape index (κ3) is 3.62. The predicted octanol–water partition coefficient (Wildman–Crippen LogP) is 3.52. The molecule has 2 atom stereocenters. The number of hydrogen-bond acceptors (Lipinski definition) is 4. The first kappa shape index (κ1) is 19.5. The van der Waals surface area contributed by atoms with Crippen LogP contribution in [-0.4, -0.2) is 24.8 Å². The zero-order chi connectivity index (χ0) is 20.4. The molecule has 1 aromatic heterocycles. The van der Waals surface area contributed by atoms with Crippen molar-refractivity contribution in [2.24, 2.45) is 0 Å². The lowest BCUT2D eigenvalue weighted by Gasteiger charge is -2.32. The fraction of sp³-hybridized carbons (Fsp3) is 0.375. The fourth-order valence-electron chi connectivity index (χ4n) is 4.57. The lowest BCUT2D eigenvalue weighted by molar-refractivity contribution is -0.944. The van der Waals surface area contributed by atoms with Crippen LogP contribution in [0.5, 0.6) is 11.5 Å². The fourth-order valence-corrected chi connectivity index (χ4v) is 4.57. The second-order valence-corrected chi connectivity index (χ2v) is 7.80. The van der Waals surface area contributed by atoms with Crippen molar-refractivity contribution >= 4 is 11.0 Å². The maximum atomic E-state index is 13.3. The van der Waals surface area contributed by atoms with Crippen LogP contribution in [0, 0.1) is 0 Å². The van der Waals surface area contributed by atoms with Gasteiger partial charge in [0.25, 0.3) is 0 Å². The third-order valence-electron chi connectivity index (χ3n) is 6.19. The van der Waals surface area contributed by atoms with E-state index in [0.717, 1.165) is 18.5 Å². The molecule has 1 fully saturated rings. The van der Waals surface area contributed by atoms with Crippen LogP contribution in [-0.2, 0) is 6.54 Å². The zero-order valence-electron chi connectivity index (χ0n) is 17.0. The lowest BCUT2D eigenvalue weighted by atomic mass is 9.98. The van der Waals surface area contributed by atoms with E-state index in [0.29, 0.717) is 40.4 Å². The molecule has 5 nitrogen and oxygen atoms in total. The van der Waals surface area contributed by atoms with Crippen LogP contribution < -0.4 is 15.1 Å². The highest BCUT2D eigenvalue weighted by molar-refractivity contribution is 5.86. The molecule has 2 heterocycles. The van der Waals surface area contributed by atoms with Gasteiger partial charge in [-0.25, -0.2) is 0 Å². The van der Waals surface area contributed by atoms with Gasteiger partial charge < -0.3 is 19.2 Å². The normalized spacial score (nSPS) is 19.4. The van der Waals surface area contributed by atoms with Crippen LogP contribution in [0.15, 0.2) is 51.9 Å². The van der Waals surface area contributed by atoms with E-state index >= 15 is 0 Å². The van der Waals surface area contributed by atoms with Crippen molar-refractivity contribution in [2.45, 2.75) is 45.2 Å². The van der Waals surface area contributed by atoms with Crippen LogP contribution >= 0.6 is 0 Å². The highest BCUT2D eigenvalue weighted by atomic mass is 16.5. The average molecular weight is 394 g/mol. The maximum Gasteiger partial charge on any atom is 0.200 e. The van der Waals surface area contributed by atoms with E-state index < -0.39 is 0 Å². The Morgan fingerprint density at radius 3 is 2.79 bits per heavy atom. The minimum absolute atomic E-state index is 0.113. The Morgan fingerprint density at radius 2 is 2.00 bits per heavy atom. The number of ether oxygens (including phenoxy) is 1. The van der Waals surface area contributed by atoms with Gasteiger partial charge in [0, 0.05) is 5.56 Å². The number of likely N-dealkylation sites (tertiary alicyclic amines) is 1. The molecule has 0 bridgehead atoms. The highest BCUT2D eigenvalue weighted by Crippen LogP contribution is 2.31. The molecule has 0 saturated carbocycles. The number of aromatic hydroxyl groups is 1. The predicted molar refractivity (Wildman–Crippen MR) is 114 cm³/mol. The van der Waals surface area contributed by atoms with Crippen molar-refractivity contribution in [1.29, 1.82) is 0 Å². The van der Waals surface area contributed by atoms with Crippen molar-refractivity contribution in [2.75, 3.05) is 13.7 Å². The summed E-state index contributed by atoms with van der Waals surface area (Å²) < 4.78 is 11.4. The summed E-state index contributed by atoms with van der Waals surface area (Å²) in [6, 6.07) is 11.3. The van der Waals surface area contributed by atoms with Gasteiger partial charge >= 0.3 is 0 Å². The van der Waals surface area contributed by atoms with Crippen LogP contribution in [0.1, 0.15) is 38.2 Å². The minimum Gasteiger partial charge on any atom is -0.507 e. The van der Waals surface area contributed by atoms with E-state index in [1.54, 1.807) is 19.2 Å². The van der Waals surface area contributed by atoms with E-state index in [1.165, 1.54) is 30.4 Å². The molecule has 1 aliphatic heterocycles. The molecule has 4 rings (SSSR count). The molecule has 3 aromatic rings. The molecule has 0 aliphatic carbocycles. The van der Waals surface area contributed by atoms with Gasteiger partial charge in [0.15, 0.2) is 0 Å². The van der Waals surface area contributed by atoms with Crippen molar-refractivity contribution in [3.8, 4) is 22.6 Å². The summed E-state index contributed by atoms with van der Waals surface area (Å²) in [6.45, 7) is 3.97. The van der Waals surface area contributed by atoms with Crippen LogP contribution in [0.2, 0.25) is 0 Å². The number of benzene rings is 2. The van der Waals surface area contributed by atoms with Gasteiger partial charge in [0.2, 0.25) is 5.43 Å². The Labute approximate surface area is 170 Å². The molecule has 1 unspecified atom stereocenters. The number of rotatable bonds is 5. The Balaban J connectivity index is 1.80. The van der Waals surface area contributed by atoms with Gasteiger partial charge in [0.1, 0.15) is 29.9 Å². The van der Waals surface area contributed by atoms with Crippen molar-refractivity contribution in [3.63, 3.8) is 0 Å². The second-order valence-electron chi connectivity index (χ2n) is 7.80. The number of phenolic OH excluding ortho intramolecular Hbond substituents is 1. The molecular formula is C24H28NO4+. The molecule has 1 aliphatic rings. The largest absolute Gasteiger partial charge is 0.507 e. The van der Waals surface area contributed by atoms with Gasteiger partial charge in [-0.1, -0.05) is 25.1 Å². The summed E-state index contributed by atoms with van der Waals surface area (Å²) in [5.41, 5.74) is 2.26. The number of para-hydroxylation sites is 1. The molecule has 152 valence electrons. The van der Waals surface area contributed by atoms with Gasteiger partial charge in [-0.2, -0.15) is 0 Å². The second kappa shape index (κ2) is 8.29. The quantitative estimate of drug-likeness (QED) is 0.695. The summed E-state index contributed by atoms with van der Waals surface area (Å²) in [6.07, 6.45) is 6.27. The molecule has 0 amide bonds. The smallest absolute Gasteiger partial charge is 0.200 e. The number of quaternary nitrogens is 1. The highest BCUT2D eigenvalue weighted by Gasteiger charge is 2.27. The molecular weight excluding hydrogens is 366 g/mol. The number of hydrogen-bond donors (Lipinski definition) is 2. The number of methoxy groups -OCH3 is 1. The Bertz CT molecular complexity index is 1070. The Hall–Kier alpha value is -2.79. The standard InChI is InChI=1S/C24H27NO4/c1-3-16-8-6-7-13-25(16)14-19-21(26)12-11-18-23(27)20(15-29-24(18)19)17-9-4-5-10-22(17)28-2/h4-5,9-12,15-16,26H,3,6-8,13-14H2,1-2H3/p+1/t16-/m0/s1. The number of nitrogens with one attached hydrogen (secondary N) is 1. The van der Waals surface area contributed by atoms with Gasteiger partial charge in [0.05, 0.1) is 36.2 Å². The average Bonchev–Trinajstić information content (AvgIpc) is 2.76. The Morgan fingerprint density at radius 1 is 1.17 bits per heavy atom. The zero-order valence-corrected chi connectivity index (χ0v) is 17.0. The summed E-state index contributed by atoms with van der Waals surface area (Å²) >= 11 is 0. The van der Waals surface area contributed by atoms with Crippen molar-refractivity contribution in [1.82, 2.24) is 0 Å². The summed E-state index contributed by atoms with van der Waals surface area (Å²) in [7, 11) is 1.59. The Kier molecular flexibility index (Phi) is 5.58. The van der Waals surface area contributed by atoms with E-state index in [4.69, 9.17) is 9.15 Å². The monoisotopic (exact) mass is 394 g/mol. The first-order valence-corrected chi connectivity index (χ1v) is 10.4. The molecule has 5 heteroatoms. The number of phenols is 1. The van der Waals surface area contributed by atoms with E-state index in [9.17, 15) is 9.90 Å². The van der Waals surface area contributed by atoms with Crippen molar-refractivity contribution in [3.05, 3.63) is 58.4 Å². The molecule has 2 N–H and O–H groups in total. The number of fused-ring (bicyclic) bond motifs is 1. The number of piperidine rings is 1. The maximum absolute atomic E-state index is 13.3. The van der Waals surface area contributed by atoms with Crippen LogP contribution in [0.4, 0.5) is 0 Å². The van der Waals surface area contributed by atoms with Crippen molar-refractivity contribution < 1.29 is 19.2 Å². The summed E-state index contributed by atoms with van der Waals surface area (Å²) in [5, 5.41) is 11.1. The third-order valence-corrected chi connectivity index (χ3v) is 6.19. The minimum atomic E-state index is -0.113. The molecule has 2 aromatic carbocycles. The van der Waals surface area contributed by atoms with Gasteiger partial charge in [-0.05, 0) is 43.9 Å². The lowest BCUT2D eigenvalue weighted by Crippen LogP contribution is -3.15. The first-order valence-electron chi connectivity index (χ1n) is 10.4. The molecule has 1 saturated heterocycles. The first-order chi connectivity index (χ1) is 14.1. The molecule has 0 radical (unpaired) electrons. The molecule has 29 heavy (non-hydrogen) atoms. The van der Waals surface area contributed by atoms with Crippen LogP contribution in [0.25, 0.3) is 22.1 Å². The van der Waals surface area contributed by atoms with E-state index in [1.807, 2.05) is 24.3 Å². The van der Waals surface area contributed by atoms with Gasteiger partial charge in [-0.3, -0.25) is 4.79 Å². The summed E-state index contributed by atoms with van der Waals surface area (Å²) in [4.78, 5) is 14.7. The topological polar surface area (TPSA) is 64.1 Å². The summed E-state index contributed by atoms with van der Waals surface area (Å²) in [5.74, 6) is 0.820. The van der Waals surface area contributed by atoms with Crippen LogP contribution in [0.3, 0.4) is 0 Å². The van der Waals surface area contributed by atoms with E-state index in [-0.39, 0.29) is 11.2 Å². The SMILES string of the molecule is CC[C@H]1CCCC[NH+]1Cc1c(O)ccc2c(=O)c(-c3ccccc3OC)coc12. The van der Waals surface area contributed by atoms with E-state index in [2.05, 4.69) is 6.92 Å². The van der Waals surface area contributed by atoms with Gasteiger partial charge in [-0.15, -0.1) is 0 Å².